The number of aromatic nitrogens is 3. The number of hydrogen-bond acceptors (Lipinski definition) is 6. The minimum atomic E-state index is -0.0528. The third-order valence-electron chi connectivity index (χ3n) is 4.24. The molecule has 0 saturated carbocycles. The fourth-order valence-corrected chi connectivity index (χ4v) is 2.83. The molecular formula is C23H20N6O. The summed E-state index contributed by atoms with van der Waals surface area (Å²) in [4.78, 5) is 24.9. The number of carbonyl (C=O) groups is 1. The first-order valence-corrected chi connectivity index (χ1v) is 9.45. The molecule has 2 aromatic carbocycles. The number of rotatable bonds is 7. The van der Waals surface area contributed by atoms with Gasteiger partial charge < -0.3 is 16.0 Å². The number of pyridine rings is 1. The van der Waals surface area contributed by atoms with E-state index in [1.807, 2.05) is 72.8 Å². The molecule has 0 radical (unpaired) electrons. The Morgan fingerprint density at radius 1 is 0.700 bits per heavy atom. The van der Waals surface area contributed by atoms with Gasteiger partial charge in [0.15, 0.2) is 0 Å². The number of anilines is 5. The largest absolute Gasteiger partial charge is 0.340 e. The van der Waals surface area contributed by atoms with E-state index in [-0.39, 0.29) is 5.91 Å². The maximum absolute atomic E-state index is 12.2. The van der Waals surface area contributed by atoms with Crippen molar-refractivity contribution >= 4 is 34.7 Å². The molecule has 7 heteroatoms. The van der Waals surface area contributed by atoms with Crippen molar-refractivity contribution in [2.75, 3.05) is 16.0 Å². The molecular weight excluding hydrogens is 376 g/mol. The highest BCUT2D eigenvalue weighted by atomic mass is 16.1. The van der Waals surface area contributed by atoms with Gasteiger partial charge >= 0.3 is 0 Å². The van der Waals surface area contributed by atoms with E-state index in [0.29, 0.717) is 23.9 Å². The van der Waals surface area contributed by atoms with Crippen molar-refractivity contribution in [2.24, 2.45) is 0 Å². The molecule has 2 heterocycles. The van der Waals surface area contributed by atoms with E-state index < -0.39 is 0 Å². The minimum absolute atomic E-state index is 0.0528. The fourth-order valence-electron chi connectivity index (χ4n) is 2.83. The van der Waals surface area contributed by atoms with Crippen LogP contribution in [-0.2, 0) is 11.2 Å². The summed E-state index contributed by atoms with van der Waals surface area (Å²) in [7, 11) is 0. The molecule has 4 aromatic rings. The van der Waals surface area contributed by atoms with E-state index in [2.05, 4.69) is 30.9 Å². The van der Waals surface area contributed by atoms with Gasteiger partial charge in [-0.05, 0) is 42.0 Å². The highest BCUT2D eigenvalue weighted by molar-refractivity contribution is 5.92. The van der Waals surface area contributed by atoms with Crippen LogP contribution in [0.1, 0.15) is 5.56 Å². The molecule has 0 aliphatic heterocycles. The second kappa shape index (κ2) is 9.29. The Morgan fingerprint density at radius 3 is 2.13 bits per heavy atom. The van der Waals surface area contributed by atoms with E-state index >= 15 is 0 Å². The number of hydrogen-bond donors (Lipinski definition) is 3. The molecule has 4 rings (SSSR count). The second-order valence-electron chi connectivity index (χ2n) is 6.54. The molecule has 3 N–H and O–H groups in total. The maximum Gasteiger partial charge on any atom is 0.228 e. The van der Waals surface area contributed by atoms with Crippen LogP contribution in [-0.4, -0.2) is 20.9 Å². The Kier molecular flexibility index (Phi) is 5.91. The Labute approximate surface area is 174 Å². The van der Waals surface area contributed by atoms with Gasteiger partial charge in [-0.1, -0.05) is 36.4 Å². The van der Waals surface area contributed by atoms with Crippen LogP contribution >= 0.6 is 0 Å². The van der Waals surface area contributed by atoms with Gasteiger partial charge in [0.05, 0.1) is 6.42 Å². The van der Waals surface area contributed by atoms with Gasteiger partial charge in [0, 0.05) is 23.6 Å². The molecule has 0 spiro atoms. The lowest BCUT2D eigenvalue weighted by atomic mass is 10.1. The quantitative estimate of drug-likeness (QED) is 0.425. The van der Waals surface area contributed by atoms with Crippen molar-refractivity contribution in [1.82, 2.24) is 15.0 Å². The predicted octanol–water partition coefficient (Wildman–Crippen LogP) is 4.54. The minimum Gasteiger partial charge on any atom is -0.340 e. The van der Waals surface area contributed by atoms with Crippen LogP contribution in [0.2, 0.25) is 0 Å². The lowest BCUT2D eigenvalue weighted by molar-refractivity contribution is -0.115. The predicted molar refractivity (Wildman–Crippen MR) is 118 cm³/mol. The summed E-state index contributed by atoms with van der Waals surface area (Å²) in [5, 5.41) is 9.27. The average Bonchev–Trinajstić information content (AvgIpc) is 2.77. The van der Waals surface area contributed by atoms with Crippen LogP contribution in [0.5, 0.6) is 0 Å². The topological polar surface area (TPSA) is 91.8 Å². The van der Waals surface area contributed by atoms with Crippen LogP contribution < -0.4 is 16.0 Å². The molecule has 7 nitrogen and oxygen atoms in total. The van der Waals surface area contributed by atoms with Gasteiger partial charge in [-0.2, -0.15) is 0 Å². The zero-order valence-corrected chi connectivity index (χ0v) is 16.1. The normalized spacial score (nSPS) is 10.3. The molecule has 148 valence electrons. The number of amides is 1. The summed E-state index contributed by atoms with van der Waals surface area (Å²) >= 11 is 0. The van der Waals surface area contributed by atoms with Crippen molar-refractivity contribution in [2.45, 2.75) is 6.42 Å². The van der Waals surface area contributed by atoms with Crippen molar-refractivity contribution in [1.29, 1.82) is 0 Å². The maximum atomic E-state index is 12.2. The van der Waals surface area contributed by atoms with E-state index in [1.165, 1.54) is 6.33 Å². The Bertz CT molecular complexity index is 1100. The molecule has 0 unspecified atom stereocenters. The smallest absolute Gasteiger partial charge is 0.228 e. The lowest BCUT2D eigenvalue weighted by Gasteiger charge is -2.10. The fraction of sp³-hybridized carbons (Fsp3) is 0.0435. The third-order valence-corrected chi connectivity index (χ3v) is 4.24. The van der Waals surface area contributed by atoms with Gasteiger partial charge in [-0.3, -0.25) is 4.79 Å². The summed E-state index contributed by atoms with van der Waals surface area (Å²) in [6.07, 6.45) is 3.53. The molecule has 0 saturated heterocycles. The zero-order chi connectivity index (χ0) is 20.6. The number of nitrogens with one attached hydrogen (secondary N) is 3. The molecule has 30 heavy (non-hydrogen) atoms. The zero-order valence-electron chi connectivity index (χ0n) is 16.1. The van der Waals surface area contributed by atoms with Gasteiger partial charge in [0.2, 0.25) is 5.91 Å². The summed E-state index contributed by atoms with van der Waals surface area (Å²) < 4.78 is 0. The van der Waals surface area contributed by atoms with E-state index in [4.69, 9.17) is 0 Å². The lowest BCUT2D eigenvalue weighted by Crippen LogP contribution is -2.14. The van der Waals surface area contributed by atoms with Crippen molar-refractivity contribution in [3.05, 3.63) is 97.0 Å². The molecule has 0 bridgehead atoms. The van der Waals surface area contributed by atoms with E-state index in [9.17, 15) is 4.79 Å². The standard InChI is InChI=1S/C23H20N6O/c30-23(14-17-6-2-1-3-7-17)28-19-11-9-18(10-12-19)27-21-15-22(26-16-25-21)29-20-8-4-5-13-24-20/h1-13,15-16H,14H2,(H,28,30)(H2,24,25,26,27,29). The van der Waals surface area contributed by atoms with Gasteiger partial charge in [0.1, 0.15) is 23.8 Å². The highest BCUT2D eigenvalue weighted by Gasteiger charge is 2.05. The molecule has 0 aliphatic carbocycles. The second-order valence-corrected chi connectivity index (χ2v) is 6.54. The number of benzene rings is 2. The van der Waals surface area contributed by atoms with Crippen molar-refractivity contribution in [3.63, 3.8) is 0 Å². The number of carbonyl (C=O) groups excluding carboxylic acids is 1. The monoisotopic (exact) mass is 396 g/mol. The summed E-state index contributed by atoms with van der Waals surface area (Å²) in [6.45, 7) is 0. The van der Waals surface area contributed by atoms with E-state index in [1.54, 1.807) is 12.3 Å². The third kappa shape index (κ3) is 5.39. The van der Waals surface area contributed by atoms with Crippen LogP contribution in [0.25, 0.3) is 0 Å². The molecule has 0 fully saturated rings. The molecule has 0 aliphatic rings. The Hall–Kier alpha value is -4.26. The van der Waals surface area contributed by atoms with Gasteiger partial charge in [0.25, 0.3) is 0 Å². The molecule has 2 aromatic heterocycles. The highest BCUT2D eigenvalue weighted by Crippen LogP contribution is 2.20. The van der Waals surface area contributed by atoms with Gasteiger partial charge in [-0.25, -0.2) is 15.0 Å². The first-order chi connectivity index (χ1) is 14.7. The first kappa shape index (κ1) is 19.1. The van der Waals surface area contributed by atoms with Crippen molar-refractivity contribution in [3.8, 4) is 0 Å². The van der Waals surface area contributed by atoms with Crippen LogP contribution in [0.3, 0.4) is 0 Å². The average molecular weight is 396 g/mol. The van der Waals surface area contributed by atoms with Crippen molar-refractivity contribution < 1.29 is 4.79 Å². The van der Waals surface area contributed by atoms with Gasteiger partial charge in [-0.15, -0.1) is 0 Å². The van der Waals surface area contributed by atoms with Crippen LogP contribution in [0.15, 0.2) is 91.4 Å². The number of nitrogens with zero attached hydrogens (tertiary/aromatic N) is 3. The summed E-state index contributed by atoms with van der Waals surface area (Å²) in [6, 6.07) is 24.5. The first-order valence-electron chi connectivity index (χ1n) is 9.45. The Balaban J connectivity index is 1.35. The Morgan fingerprint density at radius 2 is 1.40 bits per heavy atom. The van der Waals surface area contributed by atoms with Crippen LogP contribution in [0.4, 0.5) is 28.8 Å². The van der Waals surface area contributed by atoms with E-state index in [0.717, 1.165) is 16.9 Å². The molecule has 1 amide bonds. The van der Waals surface area contributed by atoms with Crippen LogP contribution in [0, 0.1) is 0 Å². The summed E-state index contributed by atoms with van der Waals surface area (Å²) in [5.74, 6) is 1.93. The molecule has 0 atom stereocenters. The SMILES string of the molecule is O=C(Cc1ccccc1)Nc1ccc(Nc2cc(Nc3ccccn3)ncn2)cc1. The summed E-state index contributed by atoms with van der Waals surface area (Å²) in [5.41, 5.74) is 2.56.